The largest absolute Gasteiger partial charge is 0.478 e. The Morgan fingerprint density at radius 1 is 1.40 bits per heavy atom. The number of aromatic amines is 1. The molecule has 1 aromatic heterocycles. The maximum absolute atomic E-state index is 11.3. The molecule has 2 N–H and O–H groups in total. The SMILES string of the molecule is O=C(O)c1c(C2CCC2)[nH]c2c1CSC2. The number of rotatable bonds is 2. The zero-order chi connectivity index (χ0) is 10.4. The molecule has 0 unspecified atom stereocenters. The molecule has 0 aromatic carbocycles. The molecule has 15 heavy (non-hydrogen) atoms. The van der Waals surface area contributed by atoms with Crippen molar-refractivity contribution >= 4 is 17.7 Å². The highest BCUT2D eigenvalue weighted by Crippen LogP contribution is 2.42. The molecular formula is C11H13NO2S. The summed E-state index contributed by atoms with van der Waals surface area (Å²) < 4.78 is 0. The van der Waals surface area contributed by atoms with Crippen LogP contribution in [-0.2, 0) is 11.5 Å². The van der Waals surface area contributed by atoms with Crippen LogP contribution in [0.15, 0.2) is 0 Å². The summed E-state index contributed by atoms with van der Waals surface area (Å²) in [5.41, 5.74) is 3.78. The minimum atomic E-state index is -0.753. The van der Waals surface area contributed by atoms with E-state index < -0.39 is 5.97 Å². The Kier molecular flexibility index (Phi) is 2.06. The smallest absolute Gasteiger partial charge is 0.337 e. The van der Waals surface area contributed by atoms with Gasteiger partial charge in [0, 0.05) is 22.9 Å². The van der Waals surface area contributed by atoms with Crippen LogP contribution < -0.4 is 0 Å². The van der Waals surface area contributed by atoms with E-state index in [1.807, 2.05) is 0 Å². The molecule has 1 saturated carbocycles. The summed E-state index contributed by atoms with van der Waals surface area (Å²) in [6.45, 7) is 0. The average Bonchev–Trinajstić information content (AvgIpc) is 2.58. The van der Waals surface area contributed by atoms with Crippen molar-refractivity contribution in [3.05, 3.63) is 22.5 Å². The van der Waals surface area contributed by atoms with Crippen LogP contribution in [0.25, 0.3) is 0 Å². The van der Waals surface area contributed by atoms with E-state index in [9.17, 15) is 9.90 Å². The predicted molar refractivity (Wildman–Crippen MR) is 59.3 cm³/mol. The summed E-state index contributed by atoms with van der Waals surface area (Å²) in [5.74, 6) is 1.53. The first-order valence-electron chi connectivity index (χ1n) is 5.32. The van der Waals surface area contributed by atoms with E-state index in [0.29, 0.717) is 11.5 Å². The summed E-state index contributed by atoms with van der Waals surface area (Å²) >= 11 is 1.79. The van der Waals surface area contributed by atoms with Crippen molar-refractivity contribution in [3.63, 3.8) is 0 Å². The van der Waals surface area contributed by atoms with Gasteiger partial charge in [0.15, 0.2) is 0 Å². The van der Waals surface area contributed by atoms with E-state index in [1.54, 1.807) is 11.8 Å². The van der Waals surface area contributed by atoms with Crippen molar-refractivity contribution in [2.75, 3.05) is 0 Å². The van der Waals surface area contributed by atoms with Crippen LogP contribution in [0.2, 0.25) is 0 Å². The third kappa shape index (κ3) is 1.31. The zero-order valence-corrected chi connectivity index (χ0v) is 9.19. The van der Waals surface area contributed by atoms with Crippen LogP contribution in [0.5, 0.6) is 0 Å². The number of aromatic nitrogens is 1. The molecule has 2 heterocycles. The molecule has 3 rings (SSSR count). The highest BCUT2D eigenvalue weighted by Gasteiger charge is 2.32. The Balaban J connectivity index is 2.09. The number of nitrogens with one attached hydrogen (secondary N) is 1. The molecule has 0 spiro atoms. The number of hydrogen-bond acceptors (Lipinski definition) is 2. The normalized spacial score (nSPS) is 20.0. The Hall–Kier alpha value is -0.900. The Labute approximate surface area is 92.3 Å². The van der Waals surface area contributed by atoms with Gasteiger partial charge in [-0.1, -0.05) is 6.42 Å². The molecule has 1 aliphatic heterocycles. The lowest BCUT2D eigenvalue weighted by atomic mass is 9.81. The van der Waals surface area contributed by atoms with E-state index in [1.165, 1.54) is 6.42 Å². The average molecular weight is 223 g/mol. The fourth-order valence-corrected chi connectivity index (χ4v) is 3.47. The molecule has 0 bridgehead atoms. The highest BCUT2D eigenvalue weighted by atomic mass is 32.2. The van der Waals surface area contributed by atoms with Crippen LogP contribution in [-0.4, -0.2) is 16.1 Å². The van der Waals surface area contributed by atoms with Gasteiger partial charge in [0.25, 0.3) is 0 Å². The number of carboxylic acid groups (broad SMARTS) is 1. The van der Waals surface area contributed by atoms with Crippen LogP contribution in [0.4, 0.5) is 0 Å². The molecule has 0 radical (unpaired) electrons. The molecule has 0 amide bonds. The molecule has 80 valence electrons. The monoisotopic (exact) mass is 223 g/mol. The van der Waals surface area contributed by atoms with Crippen molar-refractivity contribution in [2.24, 2.45) is 0 Å². The second-order valence-electron chi connectivity index (χ2n) is 4.30. The van der Waals surface area contributed by atoms with Gasteiger partial charge in [-0.05, 0) is 24.3 Å². The minimum absolute atomic E-state index is 0.478. The molecule has 0 atom stereocenters. The second kappa shape index (κ2) is 3.30. The van der Waals surface area contributed by atoms with Crippen molar-refractivity contribution in [3.8, 4) is 0 Å². The molecule has 2 aliphatic rings. The third-order valence-corrected chi connectivity index (χ3v) is 4.43. The standard InChI is InChI=1S/C11H13NO2S/c13-11(14)9-7-4-15-5-8(7)12-10(9)6-2-1-3-6/h6,12H,1-5H2,(H,13,14). The molecule has 1 fully saturated rings. The van der Waals surface area contributed by atoms with Crippen molar-refractivity contribution < 1.29 is 9.90 Å². The van der Waals surface area contributed by atoms with Crippen molar-refractivity contribution in [1.82, 2.24) is 4.98 Å². The molecular weight excluding hydrogens is 210 g/mol. The number of carboxylic acids is 1. The van der Waals surface area contributed by atoms with E-state index in [0.717, 1.165) is 41.3 Å². The fraction of sp³-hybridized carbons (Fsp3) is 0.545. The van der Waals surface area contributed by atoms with Gasteiger partial charge in [-0.3, -0.25) is 0 Å². The maximum Gasteiger partial charge on any atom is 0.337 e. The Bertz CT molecular complexity index is 420. The summed E-state index contributed by atoms with van der Waals surface area (Å²) in [6.07, 6.45) is 3.53. The molecule has 4 heteroatoms. The van der Waals surface area contributed by atoms with E-state index >= 15 is 0 Å². The van der Waals surface area contributed by atoms with Gasteiger partial charge in [0.05, 0.1) is 5.56 Å². The lowest BCUT2D eigenvalue weighted by Crippen LogP contribution is -2.14. The van der Waals surface area contributed by atoms with Crippen molar-refractivity contribution in [2.45, 2.75) is 36.7 Å². The molecule has 1 aliphatic carbocycles. The Morgan fingerprint density at radius 3 is 2.80 bits per heavy atom. The maximum atomic E-state index is 11.3. The number of H-pyrrole nitrogens is 1. The summed E-state index contributed by atoms with van der Waals surface area (Å²) in [4.78, 5) is 14.6. The van der Waals surface area contributed by atoms with Crippen molar-refractivity contribution in [1.29, 1.82) is 0 Å². The Morgan fingerprint density at radius 2 is 2.20 bits per heavy atom. The van der Waals surface area contributed by atoms with Gasteiger partial charge in [-0.2, -0.15) is 11.8 Å². The fourth-order valence-electron chi connectivity index (χ4n) is 2.40. The highest BCUT2D eigenvalue weighted by molar-refractivity contribution is 7.98. The zero-order valence-electron chi connectivity index (χ0n) is 8.38. The van der Waals surface area contributed by atoms with Crippen LogP contribution in [0.1, 0.15) is 52.5 Å². The first-order chi connectivity index (χ1) is 7.27. The molecule has 0 saturated heterocycles. The number of aromatic carboxylic acids is 1. The van der Waals surface area contributed by atoms with Crippen LogP contribution in [0.3, 0.4) is 0 Å². The number of fused-ring (bicyclic) bond motifs is 1. The first kappa shape index (κ1) is 9.33. The first-order valence-corrected chi connectivity index (χ1v) is 6.47. The number of hydrogen-bond donors (Lipinski definition) is 2. The minimum Gasteiger partial charge on any atom is -0.478 e. The van der Waals surface area contributed by atoms with E-state index in [-0.39, 0.29) is 0 Å². The number of carbonyl (C=O) groups is 1. The summed E-state index contributed by atoms with van der Waals surface area (Å²) in [5, 5.41) is 9.26. The van der Waals surface area contributed by atoms with Crippen LogP contribution >= 0.6 is 11.8 Å². The molecule has 1 aromatic rings. The van der Waals surface area contributed by atoms with Gasteiger partial charge < -0.3 is 10.1 Å². The van der Waals surface area contributed by atoms with Crippen LogP contribution in [0, 0.1) is 0 Å². The second-order valence-corrected chi connectivity index (χ2v) is 5.28. The van der Waals surface area contributed by atoms with Gasteiger partial charge in [0.2, 0.25) is 0 Å². The predicted octanol–water partition coefficient (Wildman–Crippen LogP) is 2.73. The lowest BCUT2D eigenvalue weighted by Gasteiger charge is -2.25. The summed E-state index contributed by atoms with van der Waals surface area (Å²) in [7, 11) is 0. The third-order valence-electron chi connectivity index (χ3n) is 3.44. The van der Waals surface area contributed by atoms with Gasteiger partial charge in [0.1, 0.15) is 0 Å². The molecule has 3 nitrogen and oxygen atoms in total. The van der Waals surface area contributed by atoms with E-state index in [4.69, 9.17) is 0 Å². The topological polar surface area (TPSA) is 53.1 Å². The summed E-state index contributed by atoms with van der Waals surface area (Å²) in [6, 6.07) is 0. The number of thioether (sulfide) groups is 1. The van der Waals surface area contributed by atoms with E-state index in [2.05, 4.69) is 4.98 Å². The lowest BCUT2D eigenvalue weighted by molar-refractivity contribution is 0.0693. The van der Waals surface area contributed by atoms with Gasteiger partial charge in [-0.25, -0.2) is 4.79 Å². The quantitative estimate of drug-likeness (QED) is 0.810. The van der Waals surface area contributed by atoms with Gasteiger partial charge >= 0.3 is 5.97 Å². The van der Waals surface area contributed by atoms with Gasteiger partial charge in [-0.15, -0.1) is 0 Å².